The minimum atomic E-state index is -0.760. The van der Waals surface area contributed by atoms with Gasteiger partial charge < -0.3 is 14.6 Å². The highest BCUT2D eigenvalue weighted by Crippen LogP contribution is 2.53. The van der Waals surface area contributed by atoms with Gasteiger partial charge in [-0.2, -0.15) is 0 Å². The lowest BCUT2D eigenvalue weighted by Gasteiger charge is -2.39. The smallest absolute Gasteiger partial charge is 0.314 e. The van der Waals surface area contributed by atoms with Gasteiger partial charge in [0.05, 0.1) is 9.89 Å². The molecule has 18 heavy (non-hydrogen) atoms. The Labute approximate surface area is 113 Å². The number of hydrogen-bond donors (Lipinski definition) is 1. The van der Waals surface area contributed by atoms with Crippen LogP contribution in [0.25, 0.3) is 0 Å². The van der Waals surface area contributed by atoms with E-state index in [4.69, 9.17) is 9.47 Å². The van der Waals surface area contributed by atoms with E-state index in [0.717, 1.165) is 22.0 Å². The summed E-state index contributed by atoms with van der Waals surface area (Å²) in [7, 11) is 0. The molecule has 4 nitrogen and oxygen atoms in total. The van der Waals surface area contributed by atoms with E-state index in [2.05, 4.69) is 15.9 Å². The first-order valence-corrected chi connectivity index (χ1v) is 6.68. The molecular weight excluding hydrogens is 300 g/mol. The first-order chi connectivity index (χ1) is 8.56. The molecular formula is C13H13BrO4. The molecule has 96 valence electrons. The molecule has 2 aliphatic rings. The summed E-state index contributed by atoms with van der Waals surface area (Å²) in [4.78, 5) is 11.6. The van der Waals surface area contributed by atoms with Crippen LogP contribution in [0.15, 0.2) is 10.5 Å². The Morgan fingerprint density at radius 3 is 2.72 bits per heavy atom. The molecule has 1 saturated carbocycles. The number of carboxylic acid groups (broad SMARTS) is 1. The second kappa shape index (κ2) is 3.88. The summed E-state index contributed by atoms with van der Waals surface area (Å²) >= 11 is 3.49. The van der Waals surface area contributed by atoms with Crippen LogP contribution in [0.5, 0.6) is 11.5 Å². The molecule has 1 aromatic carbocycles. The highest BCUT2D eigenvalue weighted by atomic mass is 79.9. The Bertz CT molecular complexity index is 534. The first kappa shape index (κ1) is 11.8. The van der Waals surface area contributed by atoms with Gasteiger partial charge in [-0.15, -0.1) is 0 Å². The molecule has 1 aromatic rings. The molecule has 1 aliphatic heterocycles. The van der Waals surface area contributed by atoms with Crippen LogP contribution in [-0.2, 0) is 10.2 Å². The van der Waals surface area contributed by atoms with E-state index in [-0.39, 0.29) is 6.79 Å². The molecule has 0 unspecified atom stereocenters. The van der Waals surface area contributed by atoms with Gasteiger partial charge in [-0.05, 0) is 52.9 Å². The van der Waals surface area contributed by atoms with E-state index in [0.29, 0.717) is 24.3 Å². The van der Waals surface area contributed by atoms with Crippen LogP contribution in [0, 0.1) is 6.92 Å². The summed E-state index contributed by atoms with van der Waals surface area (Å²) in [6.07, 6.45) is 2.31. The van der Waals surface area contributed by atoms with Crippen molar-refractivity contribution in [2.24, 2.45) is 0 Å². The van der Waals surface area contributed by atoms with Gasteiger partial charge in [0.2, 0.25) is 6.79 Å². The molecule has 1 aliphatic carbocycles. The standard InChI is InChI=1S/C13H13BrO4/c1-7-5-8-11(18-6-17-8)10(14)9(7)13(12(15)16)3-2-4-13/h5H,2-4,6H2,1H3,(H,15,16). The number of ether oxygens (including phenoxy) is 2. The fourth-order valence-corrected chi connectivity index (χ4v) is 3.81. The third-order valence-corrected chi connectivity index (χ3v) is 4.65. The van der Waals surface area contributed by atoms with E-state index in [1.807, 2.05) is 13.0 Å². The zero-order chi connectivity index (χ0) is 12.9. The largest absolute Gasteiger partial charge is 0.481 e. The fourth-order valence-electron chi connectivity index (χ4n) is 2.81. The Kier molecular flexibility index (Phi) is 2.55. The second-order valence-corrected chi connectivity index (χ2v) is 5.65. The summed E-state index contributed by atoms with van der Waals surface area (Å²) < 4.78 is 11.5. The van der Waals surface area contributed by atoms with Gasteiger partial charge in [-0.1, -0.05) is 6.42 Å². The fraction of sp³-hybridized carbons (Fsp3) is 0.462. The number of rotatable bonds is 2. The highest BCUT2D eigenvalue weighted by Gasteiger charge is 2.49. The van der Waals surface area contributed by atoms with E-state index >= 15 is 0 Å². The maximum absolute atomic E-state index is 11.6. The molecule has 0 radical (unpaired) electrons. The van der Waals surface area contributed by atoms with Gasteiger partial charge in [-0.25, -0.2) is 0 Å². The number of fused-ring (bicyclic) bond motifs is 1. The van der Waals surface area contributed by atoms with Crippen LogP contribution in [0.1, 0.15) is 30.4 Å². The molecule has 5 heteroatoms. The highest BCUT2D eigenvalue weighted by molar-refractivity contribution is 9.10. The average Bonchev–Trinajstić information content (AvgIpc) is 2.68. The Balaban J connectivity index is 2.21. The summed E-state index contributed by atoms with van der Waals surface area (Å²) in [5.41, 5.74) is 1.02. The maximum atomic E-state index is 11.6. The second-order valence-electron chi connectivity index (χ2n) is 4.86. The molecule has 1 N–H and O–H groups in total. The van der Waals surface area contributed by atoms with E-state index in [9.17, 15) is 9.90 Å². The number of carboxylic acids is 1. The van der Waals surface area contributed by atoms with Crippen molar-refractivity contribution in [3.63, 3.8) is 0 Å². The van der Waals surface area contributed by atoms with Gasteiger partial charge in [0.1, 0.15) is 0 Å². The molecule has 0 aromatic heterocycles. The van der Waals surface area contributed by atoms with E-state index in [1.54, 1.807) is 0 Å². The third-order valence-electron chi connectivity index (χ3n) is 3.90. The van der Waals surface area contributed by atoms with Crippen LogP contribution < -0.4 is 9.47 Å². The van der Waals surface area contributed by atoms with Crippen LogP contribution in [0.4, 0.5) is 0 Å². The van der Waals surface area contributed by atoms with Gasteiger partial charge in [0, 0.05) is 0 Å². The molecule has 3 rings (SSSR count). The van der Waals surface area contributed by atoms with Gasteiger partial charge >= 0.3 is 5.97 Å². The van der Waals surface area contributed by atoms with Crippen molar-refractivity contribution in [1.29, 1.82) is 0 Å². The van der Waals surface area contributed by atoms with Crippen molar-refractivity contribution in [3.8, 4) is 11.5 Å². The molecule has 0 amide bonds. The van der Waals surface area contributed by atoms with Crippen LogP contribution in [0.3, 0.4) is 0 Å². The number of benzene rings is 1. The zero-order valence-corrected chi connectivity index (χ0v) is 11.5. The Hall–Kier alpha value is -1.23. The average molecular weight is 313 g/mol. The quantitative estimate of drug-likeness (QED) is 0.912. The van der Waals surface area contributed by atoms with Gasteiger partial charge in [0.25, 0.3) is 0 Å². The molecule has 1 fully saturated rings. The molecule has 0 saturated heterocycles. The number of aliphatic carboxylic acids is 1. The third kappa shape index (κ3) is 1.40. The molecule has 0 atom stereocenters. The first-order valence-electron chi connectivity index (χ1n) is 5.89. The summed E-state index contributed by atoms with van der Waals surface area (Å²) in [6, 6.07) is 1.87. The van der Waals surface area contributed by atoms with E-state index in [1.165, 1.54) is 0 Å². The van der Waals surface area contributed by atoms with Crippen molar-refractivity contribution in [2.75, 3.05) is 6.79 Å². The summed E-state index contributed by atoms with van der Waals surface area (Å²) in [6.45, 7) is 2.11. The molecule has 0 bridgehead atoms. The number of carbonyl (C=O) groups is 1. The van der Waals surface area contributed by atoms with Crippen molar-refractivity contribution in [3.05, 3.63) is 21.7 Å². The lowest BCUT2D eigenvalue weighted by atomic mass is 9.63. The van der Waals surface area contributed by atoms with Crippen molar-refractivity contribution in [1.82, 2.24) is 0 Å². The Morgan fingerprint density at radius 1 is 1.44 bits per heavy atom. The minimum Gasteiger partial charge on any atom is -0.481 e. The van der Waals surface area contributed by atoms with Crippen molar-refractivity contribution in [2.45, 2.75) is 31.6 Å². The number of aryl methyl sites for hydroxylation is 1. The van der Waals surface area contributed by atoms with Gasteiger partial charge in [0.15, 0.2) is 11.5 Å². The monoisotopic (exact) mass is 312 g/mol. The SMILES string of the molecule is Cc1cc2c(c(Br)c1C1(C(=O)O)CCC1)OCO2. The lowest BCUT2D eigenvalue weighted by Crippen LogP contribution is -2.43. The van der Waals surface area contributed by atoms with Crippen molar-refractivity contribution >= 4 is 21.9 Å². The summed E-state index contributed by atoms with van der Waals surface area (Å²) in [5, 5.41) is 9.54. The number of halogens is 1. The maximum Gasteiger partial charge on any atom is 0.314 e. The van der Waals surface area contributed by atoms with Gasteiger partial charge in [-0.3, -0.25) is 4.79 Å². The molecule has 1 heterocycles. The summed E-state index contributed by atoms with van der Waals surface area (Å²) in [5.74, 6) is 0.558. The predicted octanol–water partition coefficient (Wildman–Crippen LogP) is 2.99. The zero-order valence-electron chi connectivity index (χ0n) is 9.96. The number of hydrogen-bond acceptors (Lipinski definition) is 3. The topological polar surface area (TPSA) is 55.8 Å². The van der Waals surface area contributed by atoms with Crippen LogP contribution >= 0.6 is 15.9 Å². The lowest BCUT2D eigenvalue weighted by molar-refractivity contribution is -0.147. The Morgan fingerprint density at radius 2 is 2.17 bits per heavy atom. The van der Waals surface area contributed by atoms with Crippen LogP contribution in [0.2, 0.25) is 0 Å². The normalized spacial score (nSPS) is 19.4. The van der Waals surface area contributed by atoms with E-state index < -0.39 is 11.4 Å². The predicted molar refractivity (Wildman–Crippen MR) is 68.2 cm³/mol. The minimum absolute atomic E-state index is 0.191. The molecule has 0 spiro atoms. The van der Waals surface area contributed by atoms with Crippen LogP contribution in [-0.4, -0.2) is 17.9 Å². The van der Waals surface area contributed by atoms with Crippen molar-refractivity contribution < 1.29 is 19.4 Å².